The summed E-state index contributed by atoms with van der Waals surface area (Å²) in [6.07, 6.45) is -2.40. The van der Waals surface area contributed by atoms with Gasteiger partial charge in [0, 0.05) is 36.9 Å². The molecule has 0 bridgehead atoms. The van der Waals surface area contributed by atoms with Crippen LogP contribution in [0.4, 0.5) is 14.5 Å². The van der Waals surface area contributed by atoms with Gasteiger partial charge in [-0.25, -0.2) is 8.78 Å². The van der Waals surface area contributed by atoms with Crippen LogP contribution >= 0.6 is 0 Å². The average Bonchev–Trinajstić information content (AvgIpc) is 2.29. The van der Waals surface area contributed by atoms with Crippen LogP contribution < -0.4 is 10.2 Å². The summed E-state index contributed by atoms with van der Waals surface area (Å²) in [5.74, 6) is 0. The van der Waals surface area contributed by atoms with Crippen molar-refractivity contribution in [1.82, 2.24) is 5.32 Å². The summed E-state index contributed by atoms with van der Waals surface area (Å²) >= 11 is 0. The molecule has 1 heterocycles. The Balaban J connectivity index is 2.25. The third-order valence-electron chi connectivity index (χ3n) is 2.88. The lowest BCUT2D eigenvalue weighted by atomic mass is 10.1. The average molecular weight is 226 g/mol. The zero-order chi connectivity index (χ0) is 11.5. The normalized spacial score (nSPS) is 21.5. The first-order chi connectivity index (χ1) is 7.68. The second-order valence-corrected chi connectivity index (χ2v) is 4.16. The molecule has 1 atom stereocenters. The minimum atomic E-state index is -2.40. The van der Waals surface area contributed by atoms with Gasteiger partial charge in [-0.15, -0.1) is 0 Å². The maximum Gasteiger partial charge on any atom is 0.265 e. The molecule has 2 nitrogen and oxygen atoms in total. The Kier molecular flexibility index (Phi) is 3.39. The van der Waals surface area contributed by atoms with Gasteiger partial charge in [-0.05, 0) is 13.0 Å². The molecule has 0 amide bonds. The van der Waals surface area contributed by atoms with Gasteiger partial charge < -0.3 is 10.2 Å². The Hall–Kier alpha value is -1.16. The first-order valence-corrected chi connectivity index (χ1v) is 5.54. The molecular weight excluding hydrogens is 210 g/mol. The molecule has 4 heteroatoms. The van der Waals surface area contributed by atoms with Gasteiger partial charge >= 0.3 is 0 Å². The zero-order valence-corrected chi connectivity index (χ0v) is 9.29. The molecule has 1 aliphatic rings. The molecule has 0 aromatic heterocycles. The number of hydrogen-bond donors (Lipinski definition) is 1. The van der Waals surface area contributed by atoms with Crippen LogP contribution in [0.15, 0.2) is 24.3 Å². The van der Waals surface area contributed by atoms with Crippen LogP contribution in [0.3, 0.4) is 0 Å². The molecule has 1 N–H and O–H groups in total. The molecule has 0 radical (unpaired) electrons. The molecule has 1 aliphatic heterocycles. The number of rotatable bonds is 2. The molecule has 1 saturated heterocycles. The minimum Gasteiger partial charge on any atom is -0.368 e. The fourth-order valence-electron chi connectivity index (χ4n) is 2.11. The molecule has 16 heavy (non-hydrogen) atoms. The van der Waals surface area contributed by atoms with Gasteiger partial charge in [0.2, 0.25) is 0 Å². The number of nitrogens with zero attached hydrogens (tertiary/aromatic N) is 1. The van der Waals surface area contributed by atoms with Crippen molar-refractivity contribution >= 4 is 5.69 Å². The smallest absolute Gasteiger partial charge is 0.265 e. The van der Waals surface area contributed by atoms with Gasteiger partial charge in [-0.1, -0.05) is 18.2 Å². The molecule has 1 aromatic rings. The standard InChI is InChI=1S/C12H16F2N2/c1-9-8-16(7-6-15-9)11-5-3-2-4-10(11)12(13)14/h2-5,9,12,15H,6-8H2,1H3. The van der Waals surface area contributed by atoms with Crippen LogP contribution in [0, 0.1) is 0 Å². The van der Waals surface area contributed by atoms with E-state index in [9.17, 15) is 8.78 Å². The Labute approximate surface area is 94.3 Å². The fourth-order valence-corrected chi connectivity index (χ4v) is 2.11. The van der Waals surface area contributed by atoms with E-state index in [1.807, 2.05) is 11.0 Å². The van der Waals surface area contributed by atoms with Gasteiger partial charge in [-0.3, -0.25) is 0 Å². The Morgan fingerprint density at radius 3 is 2.81 bits per heavy atom. The van der Waals surface area contributed by atoms with Crippen molar-refractivity contribution in [3.63, 3.8) is 0 Å². The van der Waals surface area contributed by atoms with E-state index in [4.69, 9.17) is 0 Å². The molecule has 88 valence electrons. The molecule has 1 fully saturated rings. The lowest BCUT2D eigenvalue weighted by molar-refractivity contribution is 0.151. The predicted octanol–water partition coefficient (Wildman–Crippen LogP) is 2.42. The summed E-state index contributed by atoms with van der Waals surface area (Å²) in [5, 5.41) is 3.30. The highest BCUT2D eigenvalue weighted by molar-refractivity contribution is 5.54. The van der Waals surface area contributed by atoms with E-state index < -0.39 is 6.43 Å². The summed E-state index contributed by atoms with van der Waals surface area (Å²) < 4.78 is 25.7. The summed E-state index contributed by atoms with van der Waals surface area (Å²) in [5.41, 5.74) is 0.808. The van der Waals surface area contributed by atoms with Crippen molar-refractivity contribution < 1.29 is 8.78 Å². The van der Waals surface area contributed by atoms with E-state index in [-0.39, 0.29) is 5.56 Å². The molecule has 1 aromatic carbocycles. The van der Waals surface area contributed by atoms with Crippen molar-refractivity contribution in [3.8, 4) is 0 Å². The number of anilines is 1. The highest BCUT2D eigenvalue weighted by Crippen LogP contribution is 2.29. The van der Waals surface area contributed by atoms with Crippen LogP contribution in [0.1, 0.15) is 18.9 Å². The third-order valence-corrected chi connectivity index (χ3v) is 2.88. The number of alkyl halides is 2. The van der Waals surface area contributed by atoms with Crippen LogP contribution in [-0.2, 0) is 0 Å². The maximum absolute atomic E-state index is 12.8. The number of halogens is 2. The topological polar surface area (TPSA) is 15.3 Å². The number of benzene rings is 1. The maximum atomic E-state index is 12.8. The Morgan fingerprint density at radius 1 is 1.38 bits per heavy atom. The zero-order valence-electron chi connectivity index (χ0n) is 9.29. The second-order valence-electron chi connectivity index (χ2n) is 4.16. The molecule has 1 unspecified atom stereocenters. The van der Waals surface area contributed by atoms with Gasteiger partial charge in [0.15, 0.2) is 0 Å². The predicted molar refractivity (Wildman–Crippen MR) is 61.1 cm³/mol. The first kappa shape index (κ1) is 11.3. The molecule has 0 spiro atoms. The largest absolute Gasteiger partial charge is 0.368 e. The summed E-state index contributed by atoms with van der Waals surface area (Å²) in [6.45, 7) is 4.48. The summed E-state index contributed by atoms with van der Waals surface area (Å²) in [7, 11) is 0. The summed E-state index contributed by atoms with van der Waals surface area (Å²) in [4.78, 5) is 2.03. The van der Waals surface area contributed by atoms with Crippen molar-refractivity contribution in [2.45, 2.75) is 19.4 Å². The number of hydrogen-bond acceptors (Lipinski definition) is 2. The molecule has 0 aliphatic carbocycles. The third kappa shape index (κ3) is 2.32. The van der Waals surface area contributed by atoms with E-state index in [0.717, 1.165) is 19.6 Å². The lowest BCUT2D eigenvalue weighted by Crippen LogP contribution is -2.49. The van der Waals surface area contributed by atoms with Crippen molar-refractivity contribution in [2.75, 3.05) is 24.5 Å². The van der Waals surface area contributed by atoms with Crippen molar-refractivity contribution in [1.29, 1.82) is 0 Å². The van der Waals surface area contributed by atoms with E-state index in [0.29, 0.717) is 11.7 Å². The Morgan fingerprint density at radius 2 is 2.12 bits per heavy atom. The minimum absolute atomic E-state index is 0.136. The SMILES string of the molecule is CC1CN(c2ccccc2C(F)F)CCN1. The highest BCUT2D eigenvalue weighted by Gasteiger charge is 2.21. The highest BCUT2D eigenvalue weighted by atomic mass is 19.3. The molecule has 2 rings (SSSR count). The summed E-state index contributed by atoms with van der Waals surface area (Å²) in [6, 6.07) is 7.11. The van der Waals surface area contributed by atoms with Gasteiger partial charge in [0.25, 0.3) is 6.43 Å². The van der Waals surface area contributed by atoms with Crippen molar-refractivity contribution in [2.24, 2.45) is 0 Å². The Bertz CT molecular complexity index is 355. The number of para-hydroxylation sites is 1. The van der Waals surface area contributed by atoms with E-state index in [2.05, 4.69) is 12.2 Å². The van der Waals surface area contributed by atoms with Crippen LogP contribution in [0.25, 0.3) is 0 Å². The van der Waals surface area contributed by atoms with Crippen LogP contribution in [0.5, 0.6) is 0 Å². The number of nitrogens with one attached hydrogen (secondary N) is 1. The second kappa shape index (κ2) is 4.78. The van der Waals surface area contributed by atoms with E-state index >= 15 is 0 Å². The lowest BCUT2D eigenvalue weighted by Gasteiger charge is -2.34. The quantitative estimate of drug-likeness (QED) is 0.833. The van der Waals surface area contributed by atoms with Gasteiger partial charge in [0.1, 0.15) is 0 Å². The van der Waals surface area contributed by atoms with Gasteiger partial charge in [0.05, 0.1) is 0 Å². The van der Waals surface area contributed by atoms with Crippen molar-refractivity contribution in [3.05, 3.63) is 29.8 Å². The van der Waals surface area contributed by atoms with Crippen LogP contribution in [0.2, 0.25) is 0 Å². The molecular formula is C12H16F2N2. The number of piperazine rings is 1. The monoisotopic (exact) mass is 226 g/mol. The first-order valence-electron chi connectivity index (χ1n) is 5.54. The van der Waals surface area contributed by atoms with Crippen LogP contribution in [-0.4, -0.2) is 25.7 Å². The molecule has 0 saturated carbocycles. The fraction of sp³-hybridized carbons (Fsp3) is 0.500. The van der Waals surface area contributed by atoms with E-state index in [1.54, 1.807) is 12.1 Å². The van der Waals surface area contributed by atoms with Gasteiger partial charge in [-0.2, -0.15) is 0 Å². The van der Waals surface area contributed by atoms with E-state index in [1.165, 1.54) is 6.07 Å².